The van der Waals surface area contributed by atoms with E-state index in [-0.39, 0.29) is 6.42 Å². The highest BCUT2D eigenvalue weighted by molar-refractivity contribution is 7.15. The van der Waals surface area contributed by atoms with E-state index in [1.165, 1.54) is 11.3 Å². The fourth-order valence-corrected chi connectivity index (χ4v) is 2.53. The lowest BCUT2D eigenvalue weighted by atomic mass is 10.1. The first kappa shape index (κ1) is 15.0. The Morgan fingerprint density at radius 3 is 2.67 bits per heavy atom. The largest absolute Gasteiger partial charge is 0.481 e. The van der Waals surface area contributed by atoms with Gasteiger partial charge in [0.05, 0.1) is 12.1 Å². The second-order valence-corrected chi connectivity index (χ2v) is 5.71. The van der Waals surface area contributed by atoms with Crippen LogP contribution in [0, 0.1) is 13.8 Å². The van der Waals surface area contributed by atoms with Gasteiger partial charge in [-0.1, -0.05) is 12.1 Å². The Morgan fingerprint density at radius 2 is 2.05 bits per heavy atom. The second-order valence-electron chi connectivity index (χ2n) is 4.51. The van der Waals surface area contributed by atoms with Crippen molar-refractivity contribution >= 4 is 34.2 Å². The number of anilines is 2. The highest BCUT2D eigenvalue weighted by Gasteiger charge is 2.08. The molecule has 1 aromatic heterocycles. The minimum Gasteiger partial charge on any atom is -0.481 e. The van der Waals surface area contributed by atoms with E-state index in [0.29, 0.717) is 16.4 Å². The molecule has 21 heavy (non-hydrogen) atoms. The van der Waals surface area contributed by atoms with Crippen LogP contribution < -0.4 is 10.6 Å². The maximum atomic E-state index is 11.9. The Kier molecular flexibility index (Phi) is 4.54. The molecule has 1 heterocycles. The average Bonchev–Trinajstić information content (AvgIpc) is 2.67. The van der Waals surface area contributed by atoms with Gasteiger partial charge in [-0.2, -0.15) is 0 Å². The summed E-state index contributed by atoms with van der Waals surface area (Å²) in [6.07, 6.45) is -0.0813. The maximum absolute atomic E-state index is 11.9. The van der Waals surface area contributed by atoms with Crippen molar-refractivity contribution in [1.29, 1.82) is 0 Å². The summed E-state index contributed by atoms with van der Waals surface area (Å²) < 4.78 is 0. The average molecular weight is 305 g/mol. The van der Waals surface area contributed by atoms with E-state index in [1.54, 1.807) is 24.3 Å². The summed E-state index contributed by atoms with van der Waals surface area (Å²) in [7, 11) is 0. The predicted molar refractivity (Wildman–Crippen MR) is 82.0 cm³/mol. The van der Waals surface area contributed by atoms with Crippen molar-refractivity contribution in [3.8, 4) is 0 Å². The molecule has 0 bridgehead atoms. The number of aromatic nitrogens is 1. The predicted octanol–water partition coefficient (Wildman–Crippen LogP) is 3.03. The van der Waals surface area contributed by atoms with Gasteiger partial charge in [-0.15, -0.1) is 11.3 Å². The van der Waals surface area contributed by atoms with Gasteiger partial charge >= 0.3 is 12.0 Å². The number of carboxylic acid groups (broad SMARTS) is 1. The molecule has 0 aliphatic rings. The van der Waals surface area contributed by atoms with Gasteiger partial charge in [-0.05, 0) is 31.5 Å². The number of amides is 2. The molecule has 3 N–H and O–H groups in total. The molecule has 0 saturated heterocycles. The lowest BCUT2D eigenvalue weighted by Crippen LogP contribution is -2.19. The van der Waals surface area contributed by atoms with E-state index >= 15 is 0 Å². The number of carbonyl (C=O) groups is 2. The molecule has 0 aliphatic heterocycles. The molecule has 2 amide bonds. The van der Waals surface area contributed by atoms with E-state index in [9.17, 15) is 9.59 Å². The molecule has 0 unspecified atom stereocenters. The fourth-order valence-electron chi connectivity index (χ4n) is 1.72. The summed E-state index contributed by atoms with van der Waals surface area (Å²) in [6, 6.07) is 6.32. The smallest absolute Gasteiger partial charge is 0.325 e. The zero-order chi connectivity index (χ0) is 15.4. The van der Waals surface area contributed by atoms with Gasteiger partial charge in [0, 0.05) is 10.6 Å². The van der Waals surface area contributed by atoms with E-state index in [1.807, 2.05) is 13.8 Å². The van der Waals surface area contributed by atoms with Crippen molar-refractivity contribution in [2.45, 2.75) is 20.3 Å². The third-order valence-corrected chi connectivity index (χ3v) is 3.78. The number of rotatable bonds is 4. The minimum absolute atomic E-state index is 0.0813. The highest BCUT2D eigenvalue weighted by Crippen LogP contribution is 2.21. The molecule has 2 aromatic rings. The van der Waals surface area contributed by atoms with Crippen molar-refractivity contribution in [3.05, 3.63) is 40.4 Å². The first-order valence-corrected chi connectivity index (χ1v) is 7.08. The van der Waals surface area contributed by atoms with Crippen LogP contribution in [0.15, 0.2) is 24.3 Å². The van der Waals surface area contributed by atoms with E-state index < -0.39 is 12.0 Å². The fraction of sp³-hybridized carbons (Fsp3) is 0.214. The number of aliphatic carboxylic acids is 1. The van der Waals surface area contributed by atoms with Crippen LogP contribution in [-0.4, -0.2) is 22.1 Å². The Morgan fingerprint density at radius 1 is 1.29 bits per heavy atom. The number of carboxylic acids is 1. The normalized spacial score (nSPS) is 10.2. The van der Waals surface area contributed by atoms with Crippen LogP contribution in [0.4, 0.5) is 15.6 Å². The minimum atomic E-state index is -0.912. The molecular weight excluding hydrogens is 290 g/mol. The summed E-state index contributed by atoms with van der Waals surface area (Å²) in [6.45, 7) is 3.82. The topological polar surface area (TPSA) is 91.3 Å². The summed E-state index contributed by atoms with van der Waals surface area (Å²) in [4.78, 5) is 27.8. The molecule has 7 heteroatoms. The molecule has 0 saturated carbocycles. The number of urea groups is 1. The molecule has 110 valence electrons. The number of thiazole rings is 1. The van der Waals surface area contributed by atoms with Crippen molar-refractivity contribution in [3.63, 3.8) is 0 Å². The first-order chi connectivity index (χ1) is 9.94. The van der Waals surface area contributed by atoms with Crippen LogP contribution in [0.3, 0.4) is 0 Å². The number of nitrogens with one attached hydrogen (secondary N) is 2. The number of carbonyl (C=O) groups excluding carboxylic acids is 1. The molecule has 0 aliphatic carbocycles. The van der Waals surface area contributed by atoms with Crippen molar-refractivity contribution < 1.29 is 14.7 Å². The van der Waals surface area contributed by atoms with Crippen molar-refractivity contribution in [1.82, 2.24) is 4.98 Å². The third kappa shape index (κ3) is 4.28. The molecule has 6 nitrogen and oxygen atoms in total. The second kappa shape index (κ2) is 6.36. The van der Waals surface area contributed by atoms with Crippen LogP contribution in [0.25, 0.3) is 0 Å². The zero-order valence-corrected chi connectivity index (χ0v) is 12.5. The summed E-state index contributed by atoms with van der Waals surface area (Å²) in [5.41, 5.74) is 2.05. The number of benzene rings is 1. The molecule has 0 fully saturated rings. The van der Waals surface area contributed by atoms with E-state index in [0.717, 1.165) is 10.6 Å². The molecular formula is C14H15N3O3S. The lowest BCUT2D eigenvalue weighted by Gasteiger charge is -2.06. The third-order valence-electron chi connectivity index (χ3n) is 2.79. The van der Waals surface area contributed by atoms with Crippen LogP contribution in [0.1, 0.15) is 16.1 Å². The quantitative estimate of drug-likeness (QED) is 0.809. The van der Waals surface area contributed by atoms with Gasteiger partial charge in [0.1, 0.15) is 0 Å². The number of nitrogens with zero attached hydrogens (tertiary/aromatic N) is 1. The molecule has 0 spiro atoms. The van der Waals surface area contributed by atoms with Gasteiger partial charge < -0.3 is 10.4 Å². The van der Waals surface area contributed by atoms with E-state index in [4.69, 9.17) is 5.11 Å². The number of hydrogen-bond donors (Lipinski definition) is 3. The Balaban J connectivity index is 2.00. The highest BCUT2D eigenvalue weighted by atomic mass is 32.1. The lowest BCUT2D eigenvalue weighted by molar-refractivity contribution is -0.136. The van der Waals surface area contributed by atoms with Gasteiger partial charge in [-0.25, -0.2) is 9.78 Å². The molecule has 1 aromatic carbocycles. The van der Waals surface area contributed by atoms with Crippen molar-refractivity contribution in [2.75, 3.05) is 10.6 Å². The zero-order valence-electron chi connectivity index (χ0n) is 11.6. The standard InChI is InChI=1S/C14H15N3O3S/c1-8-9(2)21-14(15-8)17-13(20)16-11-5-3-4-10(6-11)7-12(18)19/h3-6H,7H2,1-2H3,(H,18,19)(H2,15,16,17,20). The monoisotopic (exact) mass is 305 g/mol. The Bertz CT molecular complexity index is 662. The van der Waals surface area contributed by atoms with Crippen LogP contribution in [0.2, 0.25) is 0 Å². The van der Waals surface area contributed by atoms with Crippen molar-refractivity contribution in [2.24, 2.45) is 0 Å². The number of aryl methyl sites for hydroxylation is 2. The molecule has 2 rings (SSSR count). The van der Waals surface area contributed by atoms with E-state index in [2.05, 4.69) is 15.6 Å². The summed E-state index contributed by atoms with van der Waals surface area (Å²) >= 11 is 1.40. The number of hydrogen-bond acceptors (Lipinski definition) is 4. The first-order valence-electron chi connectivity index (χ1n) is 6.27. The van der Waals surface area contributed by atoms with Gasteiger partial charge in [0.15, 0.2) is 5.13 Å². The van der Waals surface area contributed by atoms with Crippen LogP contribution >= 0.6 is 11.3 Å². The van der Waals surface area contributed by atoms with Crippen LogP contribution in [-0.2, 0) is 11.2 Å². The maximum Gasteiger partial charge on any atom is 0.325 e. The molecule has 0 atom stereocenters. The Hall–Kier alpha value is -2.41. The van der Waals surface area contributed by atoms with Gasteiger partial charge in [-0.3, -0.25) is 10.1 Å². The molecule has 0 radical (unpaired) electrons. The SMILES string of the molecule is Cc1nc(NC(=O)Nc2cccc(CC(=O)O)c2)sc1C. The van der Waals surface area contributed by atoms with Gasteiger partial charge in [0.2, 0.25) is 0 Å². The Labute approximate surface area is 125 Å². The van der Waals surface area contributed by atoms with Crippen LogP contribution in [0.5, 0.6) is 0 Å². The van der Waals surface area contributed by atoms with Gasteiger partial charge in [0.25, 0.3) is 0 Å². The summed E-state index contributed by atoms with van der Waals surface area (Å²) in [5, 5.41) is 14.6. The summed E-state index contributed by atoms with van der Waals surface area (Å²) in [5.74, 6) is -0.912.